The van der Waals surface area contributed by atoms with Gasteiger partial charge >= 0.3 is 0 Å². The average molecular weight is 239 g/mol. The van der Waals surface area contributed by atoms with Crippen LogP contribution in [0.15, 0.2) is 6.20 Å². The summed E-state index contributed by atoms with van der Waals surface area (Å²) in [6.07, 6.45) is 4.18. The van der Waals surface area contributed by atoms with Crippen molar-refractivity contribution in [2.24, 2.45) is 0 Å². The zero-order chi connectivity index (χ0) is 12.5. The molecule has 0 bridgehead atoms. The van der Waals surface area contributed by atoms with Crippen LogP contribution in [0.5, 0.6) is 0 Å². The molecule has 0 atom stereocenters. The number of ether oxygens (including phenoxy) is 1. The van der Waals surface area contributed by atoms with Crippen LogP contribution in [0.2, 0.25) is 0 Å². The molecule has 0 saturated carbocycles. The zero-order valence-corrected chi connectivity index (χ0v) is 11.3. The lowest BCUT2D eigenvalue weighted by atomic mass is 10.3. The van der Waals surface area contributed by atoms with Crippen molar-refractivity contribution in [3.8, 4) is 0 Å². The van der Waals surface area contributed by atoms with Crippen molar-refractivity contribution in [2.75, 3.05) is 19.8 Å². The monoisotopic (exact) mass is 239 g/mol. The lowest BCUT2D eigenvalue weighted by molar-refractivity contribution is 0.141. The van der Waals surface area contributed by atoms with Crippen molar-refractivity contribution in [3.05, 3.63) is 17.7 Å². The normalized spacial score (nSPS) is 11.0. The van der Waals surface area contributed by atoms with E-state index in [2.05, 4.69) is 28.7 Å². The Bertz CT molecular complexity index is 310. The zero-order valence-electron chi connectivity index (χ0n) is 11.3. The van der Waals surface area contributed by atoms with Crippen molar-refractivity contribution < 1.29 is 4.74 Å². The summed E-state index contributed by atoms with van der Waals surface area (Å²) in [5.41, 5.74) is 1.27. The Morgan fingerprint density at radius 2 is 2.24 bits per heavy atom. The van der Waals surface area contributed by atoms with Gasteiger partial charge in [-0.15, -0.1) is 0 Å². The van der Waals surface area contributed by atoms with E-state index in [1.54, 1.807) is 0 Å². The molecule has 0 aromatic carbocycles. The molecule has 0 unspecified atom stereocenters. The molecule has 0 spiro atoms. The van der Waals surface area contributed by atoms with Crippen LogP contribution in [-0.2, 0) is 17.8 Å². The van der Waals surface area contributed by atoms with E-state index in [1.165, 1.54) is 5.69 Å². The summed E-state index contributed by atoms with van der Waals surface area (Å²) < 4.78 is 7.64. The summed E-state index contributed by atoms with van der Waals surface area (Å²) >= 11 is 0. The average Bonchev–Trinajstić information content (AvgIpc) is 2.67. The topological polar surface area (TPSA) is 39.1 Å². The van der Waals surface area contributed by atoms with E-state index in [0.717, 1.165) is 51.5 Å². The van der Waals surface area contributed by atoms with E-state index in [9.17, 15) is 0 Å². The fraction of sp³-hybridized carbons (Fsp3) is 0.769. The highest BCUT2D eigenvalue weighted by Crippen LogP contribution is 2.06. The summed E-state index contributed by atoms with van der Waals surface area (Å²) in [5, 5.41) is 3.41. The van der Waals surface area contributed by atoms with E-state index < -0.39 is 0 Å². The van der Waals surface area contributed by atoms with Gasteiger partial charge in [-0.1, -0.05) is 6.92 Å². The van der Waals surface area contributed by atoms with Gasteiger partial charge in [0.2, 0.25) is 0 Å². The number of imidazole rings is 1. The maximum atomic E-state index is 5.36. The minimum atomic E-state index is 0.799. The van der Waals surface area contributed by atoms with Crippen molar-refractivity contribution in [2.45, 2.75) is 46.7 Å². The van der Waals surface area contributed by atoms with Gasteiger partial charge in [-0.25, -0.2) is 4.98 Å². The maximum Gasteiger partial charge on any atom is 0.105 e. The first kappa shape index (κ1) is 14.2. The Labute approximate surface area is 104 Å². The second kappa shape index (κ2) is 8.25. The van der Waals surface area contributed by atoms with E-state index in [4.69, 9.17) is 4.74 Å². The Morgan fingerprint density at radius 3 is 2.94 bits per heavy atom. The van der Waals surface area contributed by atoms with Gasteiger partial charge in [-0.05, 0) is 33.2 Å². The molecule has 0 aliphatic heterocycles. The molecule has 0 aliphatic rings. The summed E-state index contributed by atoms with van der Waals surface area (Å²) in [7, 11) is 0. The van der Waals surface area contributed by atoms with Crippen molar-refractivity contribution in [1.29, 1.82) is 0 Å². The molecule has 0 radical (unpaired) electrons. The summed E-state index contributed by atoms with van der Waals surface area (Å²) in [5.74, 6) is 1.09. The second-order valence-electron chi connectivity index (χ2n) is 4.18. The van der Waals surface area contributed by atoms with Crippen molar-refractivity contribution in [1.82, 2.24) is 14.9 Å². The third kappa shape index (κ3) is 4.88. The molecule has 1 rings (SSSR count). The largest absolute Gasteiger partial charge is 0.382 e. The predicted molar refractivity (Wildman–Crippen MR) is 70.1 cm³/mol. The first-order valence-corrected chi connectivity index (χ1v) is 6.59. The standard InChI is InChI=1S/C13H25N3O/c1-4-7-14-10-13-11-15-12(3)16(13)8-6-9-17-5-2/h11,14H,4-10H2,1-3H3. The molecule has 98 valence electrons. The molecular formula is C13H25N3O. The molecule has 4 nitrogen and oxygen atoms in total. The van der Waals surface area contributed by atoms with Gasteiger partial charge in [0.15, 0.2) is 0 Å². The smallest absolute Gasteiger partial charge is 0.105 e. The minimum Gasteiger partial charge on any atom is -0.382 e. The van der Waals surface area contributed by atoms with Crippen LogP contribution >= 0.6 is 0 Å². The van der Waals surface area contributed by atoms with Crippen LogP contribution in [0.4, 0.5) is 0 Å². The lowest BCUT2D eigenvalue weighted by Gasteiger charge is -2.10. The van der Waals surface area contributed by atoms with E-state index >= 15 is 0 Å². The molecule has 1 N–H and O–H groups in total. The van der Waals surface area contributed by atoms with Crippen molar-refractivity contribution in [3.63, 3.8) is 0 Å². The third-order valence-corrected chi connectivity index (χ3v) is 2.75. The lowest BCUT2D eigenvalue weighted by Crippen LogP contribution is -2.17. The molecule has 0 saturated heterocycles. The molecule has 1 aromatic heterocycles. The van der Waals surface area contributed by atoms with Crippen LogP contribution in [0.25, 0.3) is 0 Å². The minimum absolute atomic E-state index is 0.799. The van der Waals surface area contributed by atoms with Crippen molar-refractivity contribution >= 4 is 0 Å². The van der Waals surface area contributed by atoms with Gasteiger partial charge in [-0.3, -0.25) is 0 Å². The summed E-state index contributed by atoms with van der Waals surface area (Å²) in [6.45, 7) is 10.9. The number of nitrogens with zero attached hydrogens (tertiary/aromatic N) is 2. The highest BCUT2D eigenvalue weighted by Gasteiger charge is 2.05. The molecule has 0 fully saturated rings. The molecule has 0 amide bonds. The Morgan fingerprint density at radius 1 is 1.41 bits per heavy atom. The molecule has 0 aliphatic carbocycles. The van der Waals surface area contributed by atoms with Gasteiger partial charge in [-0.2, -0.15) is 0 Å². The number of hydrogen-bond donors (Lipinski definition) is 1. The van der Waals surface area contributed by atoms with Gasteiger partial charge < -0.3 is 14.6 Å². The van der Waals surface area contributed by atoms with Crippen LogP contribution in [-0.4, -0.2) is 29.3 Å². The molecule has 17 heavy (non-hydrogen) atoms. The second-order valence-corrected chi connectivity index (χ2v) is 4.18. The van der Waals surface area contributed by atoms with Gasteiger partial charge in [0, 0.05) is 32.5 Å². The Hall–Kier alpha value is -0.870. The maximum absolute atomic E-state index is 5.36. The molecule has 1 aromatic rings. The number of aryl methyl sites for hydroxylation is 1. The Kier molecular flexibility index (Phi) is 6.89. The van der Waals surface area contributed by atoms with Crippen LogP contribution in [0, 0.1) is 6.92 Å². The van der Waals surface area contributed by atoms with Gasteiger partial charge in [0.25, 0.3) is 0 Å². The fourth-order valence-corrected chi connectivity index (χ4v) is 1.82. The van der Waals surface area contributed by atoms with E-state index in [-0.39, 0.29) is 0 Å². The summed E-state index contributed by atoms with van der Waals surface area (Å²) in [4.78, 5) is 4.38. The van der Waals surface area contributed by atoms with Gasteiger partial charge in [0.1, 0.15) is 5.82 Å². The quantitative estimate of drug-likeness (QED) is 0.671. The third-order valence-electron chi connectivity index (χ3n) is 2.75. The van der Waals surface area contributed by atoms with Crippen LogP contribution in [0.1, 0.15) is 38.2 Å². The molecule has 1 heterocycles. The molecular weight excluding hydrogens is 214 g/mol. The first-order chi connectivity index (χ1) is 8.29. The number of aromatic nitrogens is 2. The van der Waals surface area contributed by atoms with E-state index in [0.29, 0.717) is 0 Å². The van der Waals surface area contributed by atoms with E-state index in [1.807, 2.05) is 13.1 Å². The first-order valence-electron chi connectivity index (χ1n) is 6.59. The fourth-order valence-electron chi connectivity index (χ4n) is 1.82. The number of rotatable bonds is 9. The number of nitrogens with one attached hydrogen (secondary N) is 1. The number of hydrogen-bond acceptors (Lipinski definition) is 3. The predicted octanol–water partition coefficient (Wildman–Crippen LogP) is 2.12. The van der Waals surface area contributed by atoms with Gasteiger partial charge in [0.05, 0.1) is 5.69 Å². The Balaban J connectivity index is 2.42. The highest BCUT2D eigenvalue weighted by atomic mass is 16.5. The SMILES string of the molecule is CCCNCc1cnc(C)n1CCCOCC. The van der Waals surface area contributed by atoms with Crippen LogP contribution < -0.4 is 5.32 Å². The highest BCUT2D eigenvalue weighted by molar-refractivity contribution is 5.04. The molecule has 4 heteroatoms. The summed E-state index contributed by atoms with van der Waals surface area (Å²) in [6, 6.07) is 0. The van der Waals surface area contributed by atoms with Crippen LogP contribution in [0.3, 0.4) is 0 Å².